The first-order valence-electron chi connectivity index (χ1n) is 9.88. The summed E-state index contributed by atoms with van der Waals surface area (Å²) in [4.78, 5) is 2.65. The molecule has 1 saturated heterocycles. The maximum Gasteiger partial charge on any atom is 0.0762 e. The highest BCUT2D eigenvalue weighted by atomic mass is 16.5. The molecule has 2 heterocycles. The number of rotatable bonds is 6. The van der Waals surface area contributed by atoms with E-state index < -0.39 is 0 Å². The van der Waals surface area contributed by atoms with Crippen molar-refractivity contribution in [2.45, 2.75) is 82.1 Å². The molecule has 3 atom stereocenters. The van der Waals surface area contributed by atoms with Crippen molar-refractivity contribution in [2.24, 2.45) is 0 Å². The van der Waals surface area contributed by atoms with E-state index in [1.54, 1.807) is 0 Å². The highest BCUT2D eigenvalue weighted by molar-refractivity contribution is 5.02. The van der Waals surface area contributed by atoms with E-state index in [0.29, 0.717) is 24.2 Å². The summed E-state index contributed by atoms with van der Waals surface area (Å²) in [6.07, 6.45) is 13.1. The highest BCUT2D eigenvalue weighted by Gasteiger charge is 2.35. The molecule has 1 unspecified atom stereocenters. The van der Waals surface area contributed by atoms with Crippen LogP contribution in [0, 0.1) is 0 Å². The van der Waals surface area contributed by atoms with Gasteiger partial charge in [-0.05, 0) is 38.2 Å². The van der Waals surface area contributed by atoms with Gasteiger partial charge in [-0.25, -0.2) is 0 Å². The summed E-state index contributed by atoms with van der Waals surface area (Å²) in [5.41, 5.74) is 1.20. The van der Waals surface area contributed by atoms with Gasteiger partial charge in [0.25, 0.3) is 0 Å². The lowest BCUT2D eigenvalue weighted by Gasteiger charge is -2.30. The summed E-state index contributed by atoms with van der Waals surface area (Å²) in [6.45, 7) is 3.20. The summed E-state index contributed by atoms with van der Waals surface area (Å²) in [5, 5.41) is 8.62. The molecule has 5 nitrogen and oxygen atoms in total. The number of nitrogens with zero attached hydrogens (tertiary/aromatic N) is 3. The Morgan fingerprint density at radius 2 is 2.04 bits per heavy atom. The second-order valence-corrected chi connectivity index (χ2v) is 7.85. The fourth-order valence-corrected chi connectivity index (χ4v) is 4.94. The Balaban J connectivity index is 1.30. The number of aromatic nitrogens is 2. The number of hydrogen-bond donors (Lipinski definition) is 1. The van der Waals surface area contributed by atoms with E-state index in [9.17, 15) is 0 Å². The molecule has 1 aromatic rings. The van der Waals surface area contributed by atoms with Crippen LogP contribution in [-0.2, 0) is 11.3 Å². The maximum absolute atomic E-state index is 5.54. The average Bonchev–Trinajstić information content (AvgIpc) is 3.40. The van der Waals surface area contributed by atoms with Crippen LogP contribution in [0.3, 0.4) is 0 Å². The maximum atomic E-state index is 5.54. The van der Waals surface area contributed by atoms with E-state index >= 15 is 0 Å². The Morgan fingerprint density at radius 3 is 2.83 bits per heavy atom. The third kappa shape index (κ3) is 3.53. The molecule has 2 aliphatic carbocycles. The number of methoxy groups -OCH3 is 1. The lowest BCUT2D eigenvalue weighted by atomic mass is 10.1. The zero-order valence-electron chi connectivity index (χ0n) is 15.0. The predicted molar refractivity (Wildman–Crippen MR) is 95.0 cm³/mol. The van der Waals surface area contributed by atoms with E-state index in [-0.39, 0.29) is 0 Å². The summed E-state index contributed by atoms with van der Waals surface area (Å²) in [5.74, 6) is 0. The van der Waals surface area contributed by atoms with Gasteiger partial charge in [0.2, 0.25) is 0 Å². The van der Waals surface area contributed by atoms with Crippen LogP contribution in [0.25, 0.3) is 0 Å². The molecule has 4 rings (SSSR count). The number of nitrogens with one attached hydrogen (secondary N) is 1. The van der Waals surface area contributed by atoms with E-state index in [1.807, 2.05) is 7.11 Å². The molecule has 24 heavy (non-hydrogen) atoms. The minimum atomic E-state index is 0.438. The molecule has 3 aliphatic rings. The van der Waals surface area contributed by atoms with Gasteiger partial charge < -0.3 is 10.1 Å². The third-order valence-electron chi connectivity index (χ3n) is 6.37. The molecule has 1 aliphatic heterocycles. The molecule has 1 N–H and O–H groups in total. The fourth-order valence-electron chi connectivity index (χ4n) is 4.94. The summed E-state index contributed by atoms with van der Waals surface area (Å²) < 4.78 is 7.75. The zero-order valence-corrected chi connectivity index (χ0v) is 15.0. The molecule has 0 amide bonds. The van der Waals surface area contributed by atoms with Crippen LogP contribution in [0.2, 0.25) is 0 Å². The Hall–Kier alpha value is -0.910. The van der Waals surface area contributed by atoms with Crippen molar-refractivity contribution in [1.82, 2.24) is 20.0 Å². The molecule has 134 valence electrons. The van der Waals surface area contributed by atoms with Crippen molar-refractivity contribution in [3.63, 3.8) is 0 Å². The van der Waals surface area contributed by atoms with Crippen LogP contribution in [0.1, 0.15) is 63.1 Å². The van der Waals surface area contributed by atoms with Crippen molar-refractivity contribution in [1.29, 1.82) is 0 Å². The average molecular weight is 332 g/mol. The standard InChI is InChI=1S/C19H32N4O/c1-24-17-10-11-22(14-17)19-8-4-7-18(19)20-13-15-9-12-23(21-15)16-5-2-3-6-16/h9,12,16-20H,2-8,10-11,13-14H2,1H3/t17?,18-,19+/m1/s1. The van der Waals surface area contributed by atoms with E-state index in [4.69, 9.17) is 9.84 Å². The molecule has 3 fully saturated rings. The van der Waals surface area contributed by atoms with Crippen LogP contribution < -0.4 is 5.32 Å². The first kappa shape index (κ1) is 16.6. The summed E-state index contributed by atoms with van der Waals surface area (Å²) in [7, 11) is 1.85. The number of likely N-dealkylation sites (tertiary alicyclic amines) is 1. The monoisotopic (exact) mass is 332 g/mol. The lowest BCUT2D eigenvalue weighted by Crippen LogP contribution is -2.46. The topological polar surface area (TPSA) is 42.3 Å². The number of ether oxygens (including phenoxy) is 1. The van der Waals surface area contributed by atoms with Gasteiger partial charge in [0.05, 0.1) is 17.8 Å². The first-order chi connectivity index (χ1) is 11.8. The normalized spacial score (nSPS) is 32.1. The quantitative estimate of drug-likeness (QED) is 0.870. The van der Waals surface area contributed by atoms with Gasteiger partial charge in [0.1, 0.15) is 0 Å². The highest BCUT2D eigenvalue weighted by Crippen LogP contribution is 2.29. The van der Waals surface area contributed by atoms with Gasteiger partial charge >= 0.3 is 0 Å². The molecule has 0 aromatic carbocycles. The van der Waals surface area contributed by atoms with Crippen LogP contribution in [-0.4, -0.2) is 53.1 Å². The van der Waals surface area contributed by atoms with Gasteiger partial charge in [0.15, 0.2) is 0 Å². The summed E-state index contributed by atoms with van der Waals surface area (Å²) in [6, 6.07) is 4.14. The molecule has 0 spiro atoms. The van der Waals surface area contributed by atoms with Gasteiger partial charge in [-0.3, -0.25) is 9.58 Å². The smallest absolute Gasteiger partial charge is 0.0762 e. The van der Waals surface area contributed by atoms with Crippen molar-refractivity contribution in [3.8, 4) is 0 Å². The second-order valence-electron chi connectivity index (χ2n) is 7.85. The van der Waals surface area contributed by atoms with Gasteiger partial charge in [-0.15, -0.1) is 0 Å². The molecule has 5 heteroatoms. The zero-order chi connectivity index (χ0) is 16.4. The predicted octanol–water partition coefficient (Wildman–Crippen LogP) is 2.73. The van der Waals surface area contributed by atoms with E-state index in [2.05, 4.69) is 27.2 Å². The number of hydrogen-bond acceptors (Lipinski definition) is 4. The molecule has 0 bridgehead atoms. The second kappa shape index (κ2) is 7.54. The van der Waals surface area contributed by atoms with Crippen molar-refractivity contribution >= 4 is 0 Å². The molecule has 2 saturated carbocycles. The molecular weight excluding hydrogens is 300 g/mol. The Kier molecular flexibility index (Phi) is 5.20. The van der Waals surface area contributed by atoms with Crippen molar-refractivity contribution in [2.75, 3.05) is 20.2 Å². The molecule has 1 aromatic heterocycles. The Morgan fingerprint density at radius 1 is 1.17 bits per heavy atom. The summed E-state index contributed by atoms with van der Waals surface area (Å²) >= 11 is 0. The lowest BCUT2D eigenvalue weighted by molar-refractivity contribution is 0.0979. The van der Waals surface area contributed by atoms with Crippen LogP contribution >= 0.6 is 0 Å². The van der Waals surface area contributed by atoms with Crippen molar-refractivity contribution < 1.29 is 4.74 Å². The first-order valence-corrected chi connectivity index (χ1v) is 9.88. The van der Waals surface area contributed by atoms with E-state index in [1.165, 1.54) is 63.6 Å². The molecule has 0 radical (unpaired) electrons. The minimum absolute atomic E-state index is 0.438. The SMILES string of the molecule is COC1CCN([C@H]2CCC[C@H]2NCc2ccn(C3CCCC3)n2)C1. The Labute approximate surface area is 145 Å². The minimum Gasteiger partial charge on any atom is -0.380 e. The van der Waals surface area contributed by atoms with Crippen LogP contribution in [0.15, 0.2) is 12.3 Å². The van der Waals surface area contributed by atoms with Gasteiger partial charge in [0, 0.05) is 45.0 Å². The Bertz CT molecular complexity index is 525. The van der Waals surface area contributed by atoms with E-state index in [0.717, 1.165) is 13.1 Å². The van der Waals surface area contributed by atoms with Gasteiger partial charge in [-0.2, -0.15) is 5.10 Å². The van der Waals surface area contributed by atoms with Gasteiger partial charge in [-0.1, -0.05) is 19.3 Å². The third-order valence-corrected chi connectivity index (χ3v) is 6.37. The molecular formula is C19H32N4O. The van der Waals surface area contributed by atoms with Crippen LogP contribution in [0.5, 0.6) is 0 Å². The largest absolute Gasteiger partial charge is 0.380 e. The van der Waals surface area contributed by atoms with Crippen molar-refractivity contribution in [3.05, 3.63) is 18.0 Å². The van der Waals surface area contributed by atoms with Crippen LogP contribution in [0.4, 0.5) is 0 Å². The fraction of sp³-hybridized carbons (Fsp3) is 0.842.